The summed E-state index contributed by atoms with van der Waals surface area (Å²) in [6.07, 6.45) is 8.01. The van der Waals surface area contributed by atoms with Crippen LogP contribution in [0.25, 0.3) is 5.65 Å². The van der Waals surface area contributed by atoms with Gasteiger partial charge in [-0.1, -0.05) is 49.1 Å². The summed E-state index contributed by atoms with van der Waals surface area (Å²) < 4.78 is 1.26. The summed E-state index contributed by atoms with van der Waals surface area (Å²) in [7, 11) is 0. The highest BCUT2D eigenvalue weighted by atomic mass is 35.5. The molecule has 6 rings (SSSR count). The molecule has 4 aromatic rings. The standard InChI is InChI=1S/C34H35ClN6O5/c1-18-21-14-15-26(23(21)13-12-22(18)34(45)46)39-33(44)29-16-28(32(43)37-19(2)20-8-4-3-5-9-20)38-30-24(17-36-41(29)30)31(42)40-27-11-7-6-10-25(27)35/h6-7,10-13,16-17,19-20,26H,3-5,8-9,14-15H2,1-2H3,(H,37,43)(H,39,44)(H,40,42)(H,45,46)/t19-,26+/m1/s1. The van der Waals surface area contributed by atoms with Crippen molar-refractivity contribution in [3.63, 3.8) is 0 Å². The Labute approximate surface area is 270 Å². The van der Waals surface area contributed by atoms with Crippen LogP contribution in [0.5, 0.6) is 0 Å². The summed E-state index contributed by atoms with van der Waals surface area (Å²) in [6.45, 7) is 3.76. The van der Waals surface area contributed by atoms with Gasteiger partial charge in [0, 0.05) is 12.1 Å². The Morgan fingerprint density at radius 3 is 2.48 bits per heavy atom. The lowest BCUT2D eigenvalue weighted by atomic mass is 9.84. The molecule has 0 unspecified atom stereocenters. The van der Waals surface area contributed by atoms with E-state index in [2.05, 4.69) is 26.0 Å². The van der Waals surface area contributed by atoms with Crippen molar-refractivity contribution in [2.45, 2.75) is 70.9 Å². The third-order valence-electron chi connectivity index (χ3n) is 9.25. The number of nitrogens with one attached hydrogen (secondary N) is 3. The fourth-order valence-electron chi connectivity index (χ4n) is 6.68. The maximum absolute atomic E-state index is 13.9. The number of para-hydroxylation sites is 1. The van der Waals surface area contributed by atoms with Gasteiger partial charge in [-0.2, -0.15) is 5.10 Å². The number of fused-ring (bicyclic) bond motifs is 2. The quantitative estimate of drug-likeness (QED) is 0.191. The van der Waals surface area contributed by atoms with E-state index in [9.17, 15) is 24.3 Å². The Morgan fingerprint density at radius 2 is 1.74 bits per heavy atom. The van der Waals surface area contributed by atoms with Gasteiger partial charge in [0.2, 0.25) is 0 Å². The van der Waals surface area contributed by atoms with E-state index in [-0.39, 0.29) is 40.2 Å². The van der Waals surface area contributed by atoms with Gasteiger partial charge in [0.15, 0.2) is 5.65 Å². The number of amides is 3. The second kappa shape index (κ2) is 12.9. The Kier molecular flexibility index (Phi) is 8.77. The third-order valence-corrected chi connectivity index (χ3v) is 9.58. The fraction of sp³-hybridized carbons (Fsp3) is 0.353. The van der Waals surface area contributed by atoms with Gasteiger partial charge in [0.05, 0.1) is 28.5 Å². The van der Waals surface area contributed by atoms with Gasteiger partial charge in [-0.25, -0.2) is 14.3 Å². The van der Waals surface area contributed by atoms with Crippen LogP contribution in [0.2, 0.25) is 5.02 Å². The van der Waals surface area contributed by atoms with Gasteiger partial charge in [0.25, 0.3) is 17.7 Å². The first-order valence-corrected chi connectivity index (χ1v) is 15.9. The molecule has 2 aliphatic carbocycles. The Balaban J connectivity index is 1.34. The Morgan fingerprint density at radius 1 is 0.978 bits per heavy atom. The molecule has 2 heterocycles. The van der Waals surface area contributed by atoms with E-state index in [4.69, 9.17) is 11.6 Å². The second-order valence-corrected chi connectivity index (χ2v) is 12.5. The maximum Gasteiger partial charge on any atom is 0.335 e. The monoisotopic (exact) mass is 642 g/mol. The van der Waals surface area contributed by atoms with E-state index < -0.39 is 23.7 Å². The number of benzene rings is 2. The van der Waals surface area contributed by atoms with Gasteiger partial charge in [-0.3, -0.25) is 14.4 Å². The molecule has 238 valence electrons. The van der Waals surface area contributed by atoms with Gasteiger partial charge < -0.3 is 21.1 Å². The van der Waals surface area contributed by atoms with Crippen molar-refractivity contribution in [2.75, 3.05) is 5.32 Å². The molecule has 46 heavy (non-hydrogen) atoms. The van der Waals surface area contributed by atoms with Crippen LogP contribution in [0, 0.1) is 12.8 Å². The number of halogens is 1. The van der Waals surface area contributed by atoms with Crippen LogP contribution in [0.15, 0.2) is 48.7 Å². The van der Waals surface area contributed by atoms with Crippen LogP contribution in [-0.2, 0) is 6.42 Å². The minimum atomic E-state index is -0.997. The number of hydrogen-bond acceptors (Lipinski definition) is 6. The first-order chi connectivity index (χ1) is 22.1. The lowest BCUT2D eigenvalue weighted by Gasteiger charge is -2.28. The van der Waals surface area contributed by atoms with Crippen LogP contribution < -0.4 is 16.0 Å². The van der Waals surface area contributed by atoms with Crippen LogP contribution in [-0.4, -0.2) is 49.4 Å². The number of rotatable bonds is 8. The molecule has 0 spiro atoms. The summed E-state index contributed by atoms with van der Waals surface area (Å²) in [4.78, 5) is 57.1. The van der Waals surface area contributed by atoms with Gasteiger partial charge in [-0.05, 0) is 80.3 Å². The van der Waals surface area contributed by atoms with E-state index in [0.29, 0.717) is 35.0 Å². The van der Waals surface area contributed by atoms with Gasteiger partial charge >= 0.3 is 5.97 Å². The van der Waals surface area contributed by atoms with E-state index in [1.54, 1.807) is 43.3 Å². The van der Waals surface area contributed by atoms with Crippen molar-refractivity contribution in [3.05, 3.63) is 92.9 Å². The number of carboxylic acid groups (broad SMARTS) is 1. The Hall–Kier alpha value is -4.77. The number of carboxylic acids is 1. The molecule has 2 atom stereocenters. The molecule has 4 N–H and O–H groups in total. The zero-order valence-corrected chi connectivity index (χ0v) is 26.4. The number of aromatic nitrogens is 3. The second-order valence-electron chi connectivity index (χ2n) is 12.1. The molecular weight excluding hydrogens is 608 g/mol. The van der Waals surface area contributed by atoms with Crippen molar-refractivity contribution >= 4 is 46.6 Å². The molecule has 0 bridgehead atoms. The zero-order valence-electron chi connectivity index (χ0n) is 25.6. The number of nitrogens with zero attached hydrogens (tertiary/aromatic N) is 3. The van der Waals surface area contributed by atoms with Crippen molar-refractivity contribution in [1.82, 2.24) is 25.2 Å². The first kappa shape index (κ1) is 31.2. The highest BCUT2D eigenvalue weighted by Crippen LogP contribution is 2.35. The van der Waals surface area contributed by atoms with Crippen LogP contribution in [0.4, 0.5) is 5.69 Å². The molecule has 2 aliphatic rings. The molecule has 0 aliphatic heterocycles. The third kappa shape index (κ3) is 6.06. The molecule has 0 saturated heterocycles. The first-order valence-electron chi connectivity index (χ1n) is 15.5. The maximum atomic E-state index is 13.9. The van der Waals surface area contributed by atoms with Crippen molar-refractivity contribution in [1.29, 1.82) is 0 Å². The molecule has 1 fully saturated rings. The summed E-state index contributed by atoms with van der Waals surface area (Å²) in [5, 5.41) is 23.1. The van der Waals surface area contributed by atoms with E-state index >= 15 is 0 Å². The number of carbonyl (C=O) groups excluding carboxylic acids is 3. The molecule has 2 aromatic heterocycles. The molecular formula is C34H35ClN6O5. The van der Waals surface area contributed by atoms with Crippen molar-refractivity contribution in [3.8, 4) is 0 Å². The average molecular weight is 643 g/mol. The summed E-state index contributed by atoms with van der Waals surface area (Å²) >= 11 is 6.26. The van der Waals surface area contributed by atoms with Crippen LogP contribution in [0.1, 0.15) is 110 Å². The minimum absolute atomic E-state index is 0.0126. The molecule has 1 saturated carbocycles. The molecule has 11 nitrogen and oxygen atoms in total. The highest BCUT2D eigenvalue weighted by molar-refractivity contribution is 6.34. The smallest absolute Gasteiger partial charge is 0.335 e. The van der Waals surface area contributed by atoms with Crippen LogP contribution >= 0.6 is 11.6 Å². The molecule has 12 heteroatoms. The van der Waals surface area contributed by atoms with Crippen molar-refractivity contribution in [2.24, 2.45) is 5.92 Å². The Bertz CT molecular complexity index is 1860. The highest BCUT2D eigenvalue weighted by Gasteiger charge is 2.30. The SMILES string of the molecule is Cc1c(C(=O)O)ccc2c1CC[C@@H]2NC(=O)c1cc(C(=O)N[C@H](C)C2CCCCC2)nc2c(C(=O)Nc3ccccc3Cl)cnn12. The zero-order chi connectivity index (χ0) is 32.5. The van der Waals surface area contributed by atoms with E-state index in [1.807, 2.05) is 6.92 Å². The lowest BCUT2D eigenvalue weighted by Crippen LogP contribution is -2.39. The van der Waals surface area contributed by atoms with Gasteiger partial charge in [-0.15, -0.1) is 0 Å². The number of aromatic carboxylic acids is 1. The number of anilines is 1. The van der Waals surface area contributed by atoms with Crippen LogP contribution in [0.3, 0.4) is 0 Å². The number of carbonyl (C=O) groups is 4. The fourth-order valence-corrected chi connectivity index (χ4v) is 6.86. The molecule has 3 amide bonds. The predicted octanol–water partition coefficient (Wildman–Crippen LogP) is 5.76. The predicted molar refractivity (Wildman–Crippen MR) is 173 cm³/mol. The van der Waals surface area contributed by atoms with E-state index in [0.717, 1.165) is 36.8 Å². The summed E-state index contributed by atoms with van der Waals surface area (Å²) in [5.74, 6) is -2.16. The normalized spacial score (nSPS) is 16.9. The van der Waals surface area contributed by atoms with Gasteiger partial charge in [0.1, 0.15) is 17.0 Å². The average Bonchev–Trinajstić information content (AvgIpc) is 3.67. The minimum Gasteiger partial charge on any atom is -0.478 e. The lowest BCUT2D eigenvalue weighted by molar-refractivity contribution is 0.0695. The number of hydrogen-bond donors (Lipinski definition) is 4. The van der Waals surface area contributed by atoms with Crippen molar-refractivity contribution < 1.29 is 24.3 Å². The van der Waals surface area contributed by atoms with E-state index in [1.165, 1.54) is 23.2 Å². The topological polar surface area (TPSA) is 155 Å². The molecule has 2 aromatic carbocycles. The molecule has 0 radical (unpaired) electrons. The largest absolute Gasteiger partial charge is 0.478 e. The summed E-state index contributed by atoms with van der Waals surface area (Å²) in [6, 6.07) is 11.0. The summed E-state index contributed by atoms with van der Waals surface area (Å²) in [5.41, 5.74) is 3.18.